The van der Waals surface area contributed by atoms with Crippen LogP contribution in [-0.2, 0) is 19.1 Å². The SMILES string of the molecule is CC(=O)/C(=C\c1ccc(OCCOC(=O)n2ccnc2)cc1)C(=O)N1CCOCC1. The molecule has 0 atom stereocenters. The molecule has 1 aliphatic rings. The number of rotatable bonds is 7. The van der Waals surface area contributed by atoms with Gasteiger partial charge < -0.3 is 19.1 Å². The van der Waals surface area contributed by atoms with Gasteiger partial charge in [0.05, 0.1) is 18.8 Å². The van der Waals surface area contributed by atoms with E-state index < -0.39 is 6.09 Å². The second kappa shape index (κ2) is 10.4. The van der Waals surface area contributed by atoms with Crippen molar-refractivity contribution < 1.29 is 28.6 Å². The van der Waals surface area contributed by atoms with E-state index in [1.165, 1.54) is 30.2 Å². The van der Waals surface area contributed by atoms with E-state index in [0.717, 1.165) is 0 Å². The zero-order chi connectivity index (χ0) is 21.3. The van der Waals surface area contributed by atoms with Crippen LogP contribution in [0.3, 0.4) is 0 Å². The van der Waals surface area contributed by atoms with Crippen molar-refractivity contribution in [2.45, 2.75) is 6.92 Å². The maximum atomic E-state index is 12.6. The summed E-state index contributed by atoms with van der Waals surface area (Å²) in [7, 11) is 0. The molecule has 1 saturated heterocycles. The van der Waals surface area contributed by atoms with Crippen molar-refractivity contribution in [2.75, 3.05) is 39.5 Å². The van der Waals surface area contributed by atoms with Crippen molar-refractivity contribution in [3.63, 3.8) is 0 Å². The van der Waals surface area contributed by atoms with Crippen LogP contribution < -0.4 is 4.74 Å². The smallest absolute Gasteiger partial charge is 0.419 e. The molecule has 0 aliphatic carbocycles. The monoisotopic (exact) mass is 413 g/mol. The first-order chi connectivity index (χ1) is 14.5. The highest BCUT2D eigenvalue weighted by Crippen LogP contribution is 2.16. The number of nitrogens with zero attached hydrogens (tertiary/aromatic N) is 3. The molecule has 158 valence electrons. The lowest BCUT2D eigenvalue weighted by Crippen LogP contribution is -2.42. The Balaban J connectivity index is 1.53. The topological polar surface area (TPSA) is 100.0 Å². The summed E-state index contributed by atoms with van der Waals surface area (Å²) in [4.78, 5) is 41.7. The zero-order valence-electron chi connectivity index (χ0n) is 16.7. The molecule has 0 radical (unpaired) electrons. The van der Waals surface area contributed by atoms with Crippen LogP contribution in [-0.4, -0.2) is 71.8 Å². The van der Waals surface area contributed by atoms with Crippen LogP contribution in [0, 0.1) is 0 Å². The van der Waals surface area contributed by atoms with Crippen molar-refractivity contribution in [3.8, 4) is 5.75 Å². The summed E-state index contributed by atoms with van der Waals surface area (Å²) in [6.07, 6.45) is 5.39. The van der Waals surface area contributed by atoms with E-state index in [2.05, 4.69) is 4.98 Å². The van der Waals surface area contributed by atoms with Gasteiger partial charge >= 0.3 is 6.09 Å². The minimum atomic E-state index is -0.529. The average molecular weight is 413 g/mol. The Hall–Kier alpha value is -3.46. The van der Waals surface area contributed by atoms with Gasteiger partial charge in [0.1, 0.15) is 25.3 Å². The third kappa shape index (κ3) is 5.77. The largest absolute Gasteiger partial charge is 0.490 e. The van der Waals surface area contributed by atoms with Crippen molar-refractivity contribution in [3.05, 3.63) is 54.1 Å². The minimum Gasteiger partial charge on any atom is -0.490 e. The van der Waals surface area contributed by atoms with Gasteiger partial charge in [-0.15, -0.1) is 0 Å². The highest BCUT2D eigenvalue weighted by Gasteiger charge is 2.23. The molecule has 9 nitrogen and oxygen atoms in total. The molecule has 1 aromatic carbocycles. The molecular weight excluding hydrogens is 390 g/mol. The Morgan fingerprint density at radius 1 is 1.13 bits per heavy atom. The molecule has 0 N–H and O–H groups in total. The van der Waals surface area contributed by atoms with Gasteiger partial charge in [0.2, 0.25) is 0 Å². The van der Waals surface area contributed by atoms with Crippen LogP contribution in [0.25, 0.3) is 6.08 Å². The van der Waals surface area contributed by atoms with E-state index in [1.807, 2.05) is 0 Å². The number of ether oxygens (including phenoxy) is 3. The first kappa shape index (κ1) is 21.3. The molecule has 9 heteroatoms. The standard InChI is InChI=1S/C21H23N3O6/c1-16(25)19(20(26)23-8-10-28-11-9-23)14-17-2-4-18(5-3-17)29-12-13-30-21(27)24-7-6-22-15-24/h2-7,14-15H,8-13H2,1H3/b19-14+. The lowest BCUT2D eigenvalue weighted by Gasteiger charge is -2.27. The van der Waals surface area contributed by atoms with Crippen LogP contribution >= 0.6 is 0 Å². The van der Waals surface area contributed by atoms with Crippen molar-refractivity contribution in [1.82, 2.24) is 14.5 Å². The molecule has 0 bridgehead atoms. The molecule has 1 fully saturated rings. The number of ketones is 1. The van der Waals surface area contributed by atoms with Gasteiger partial charge in [-0.05, 0) is 30.7 Å². The van der Waals surface area contributed by atoms with Gasteiger partial charge in [-0.3, -0.25) is 9.59 Å². The number of amides is 1. The van der Waals surface area contributed by atoms with Crippen LogP contribution in [0.2, 0.25) is 0 Å². The van der Waals surface area contributed by atoms with Crippen molar-refractivity contribution in [1.29, 1.82) is 0 Å². The molecule has 3 rings (SSSR count). The molecule has 1 amide bonds. The molecule has 2 aromatic rings. The molecule has 30 heavy (non-hydrogen) atoms. The molecule has 2 heterocycles. The van der Waals surface area contributed by atoms with E-state index in [1.54, 1.807) is 35.2 Å². The highest BCUT2D eigenvalue weighted by molar-refractivity contribution is 6.21. The van der Waals surface area contributed by atoms with E-state index in [4.69, 9.17) is 14.2 Å². The van der Waals surface area contributed by atoms with E-state index >= 15 is 0 Å². The molecule has 0 unspecified atom stereocenters. The molecular formula is C21H23N3O6. The average Bonchev–Trinajstić information content (AvgIpc) is 3.31. The van der Waals surface area contributed by atoms with Crippen molar-refractivity contribution in [2.24, 2.45) is 0 Å². The fraction of sp³-hybridized carbons (Fsp3) is 0.333. The normalized spacial score (nSPS) is 14.3. The third-order valence-corrected chi connectivity index (χ3v) is 4.39. The number of carbonyl (C=O) groups excluding carboxylic acids is 3. The van der Waals surface area contributed by atoms with Gasteiger partial charge in [-0.1, -0.05) is 12.1 Å². The summed E-state index contributed by atoms with van der Waals surface area (Å²) < 4.78 is 17.1. The first-order valence-electron chi connectivity index (χ1n) is 9.52. The van der Waals surface area contributed by atoms with Gasteiger partial charge in [-0.2, -0.15) is 0 Å². The van der Waals surface area contributed by atoms with Crippen LogP contribution in [0.5, 0.6) is 5.75 Å². The summed E-state index contributed by atoms with van der Waals surface area (Å²) >= 11 is 0. The Bertz CT molecular complexity index is 899. The van der Waals surface area contributed by atoms with Crippen LogP contribution in [0.1, 0.15) is 12.5 Å². The predicted molar refractivity (Wildman–Crippen MR) is 107 cm³/mol. The molecule has 1 aromatic heterocycles. The molecule has 1 aliphatic heterocycles. The number of hydrogen-bond acceptors (Lipinski definition) is 7. The maximum Gasteiger partial charge on any atom is 0.419 e. The number of carbonyl (C=O) groups is 3. The van der Waals surface area contributed by atoms with Gasteiger partial charge in [0.15, 0.2) is 5.78 Å². The van der Waals surface area contributed by atoms with Crippen LogP contribution in [0.4, 0.5) is 4.79 Å². The fourth-order valence-electron chi connectivity index (χ4n) is 2.81. The summed E-state index contributed by atoms with van der Waals surface area (Å²) in [6.45, 7) is 3.54. The third-order valence-electron chi connectivity index (χ3n) is 4.39. The lowest BCUT2D eigenvalue weighted by atomic mass is 10.1. The van der Waals surface area contributed by atoms with Gasteiger partial charge in [-0.25, -0.2) is 14.3 Å². The van der Waals surface area contributed by atoms with E-state index in [9.17, 15) is 14.4 Å². The van der Waals surface area contributed by atoms with E-state index in [-0.39, 0.29) is 30.5 Å². The molecule has 0 spiro atoms. The number of hydrogen-bond donors (Lipinski definition) is 0. The number of benzene rings is 1. The second-order valence-corrected chi connectivity index (χ2v) is 6.52. The Morgan fingerprint density at radius 3 is 2.50 bits per heavy atom. The quantitative estimate of drug-likeness (QED) is 0.295. The molecule has 0 saturated carbocycles. The Morgan fingerprint density at radius 2 is 1.87 bits per heavy atom. The number of aromatic nitrogens is 2. The minimum absolute atomic E-state index is 0.0845. The van der Waals surface area contributed by atoms with E-state index in [0.29, 0.717) is 37.6 Å². The Labute approximate surface area is 173 Å². The van der Waals surface area contributed by atoms with Crippen molar-refractivity contribution >= 4 is 23.9 Å². The lowest BCUT2D eigenvalue weighted by molar-refractivity contribution is -0.132. The number of Topliss-reactive ketones (excluding diaryl/α,β-unsaturated/α-hetero) is 1. The van der Waals surface area contributed by atoms with Crippen LogP contribution in [0.15, 0.2) is 48.6 Å². The van der Waals surface area contributed by atoms with Gasteiger partial charge in [0.25, 0.3) is 5.91 Å². The zero-order valence-corrected chi connectivity index (χ0v) is 16.7. The summed E-state index contributed by atoms with van der Waals surface area (Å²) in [5, 5.41) is 0. The summed E-state index contributed by atoms with van der Waals surface area (Å²) in [6, 6.07) is 6.95. The van der Waals surface area contributed by atoms with Gasteiger partial charge in [0, 0.05) is 25.5 Å². The maximum absolute atomic E-state index is 12.6. The first-order valence-corrected chi connectivity index (χ1v) is 9.52. The highest BCUT2D eigenvalue weighted by atomic mass is 16.6. The number of imidazole rings is 1. The Kier molecular flexibility index (Phi) is 7.34. The predicted octanol–water partition coefficient (Wildman–Crippen LogP) is 1.78. The number of morpholine rings is 1. The second-order valence-electron chi connectivity index (χ2n) is 6.52. The summed E-state index contributed by atoms with van der Waals surface area (Å²) in [5.41, 5.74) is 0.845. The summed E-state index contributed by atoms with van der Waals surface area (Å²) in [5.74, 6) is 0.00655. The fourth-order valence-corrected chi connectivity index (χ4v) is 2.81.